The van der Waals surface area contributed by atoms with Crippen LogP contribution in [0.25, 0.3) is 0 Å². The van der Waals surface area contributed by atoms with Crippen LogP contribution in [0.2, 0.25) is 0 Å². The van der Waals surface area contributed by atoms with Gasteiger partial charge in [0.2, 0.25) is 0 Å². The summed E-state index contributed by atoms with van der Waals surface area (Å²) in [5, 5.41) is 8.05. The molecule has 0 unspecified atom stereocenters. The molecule has 0 aliphatic carbocycles. The summed E-state index contributed by atoms with van der Waals surface area (Å²) in [5.74, 6) is 0. The number of hydrogen-bond acceptors (Lipinski definition) is 4. The van der Waals surface area contributed by atoms with E-state index >= 15 is 0 Å². The molecule has 0 aromatic rings. The summed E-state index contributed by atoms with van der Waals surface area (Å²) < 4.78 is 21.6. The third-order valence-corrected chi connectivity index (χ3v) is 3.80. The predicted molar refractivity (Wildman–Crippen MR) is 47.2 cm³/mol. The Hall–Kier alpha value is 0.110. The van der Waals surface area contributed by atoms with Crippen LogP contribution in [0.5, 0.6) is 0 Å². The van der Waals surface area contributed by atoms with E-state index in [1.807, 2.05) is 0 Å². The molecule has 0 aromatic carbocycles. The largest absolute Gasteiger partial charge is 0.378 e. The lowest BCUT2D eigenvalue weighted by atomic mass is 10.5. The molecule has 0 radical (unpaired) electrons. The summed E-state index contributed by atoms with van der Waals surface area (Å²) in [7, 11) is -3.35. The van der Waals surface area contributed by atoms with E-state index in [4.69, 9.17) is 9.05 Å². The Morgan fingerprint density at radius 2 is 1.58 bits per heavy atom. The smallest absolute Gasteiger partial charge is 0.361 e. The standard InChI is InChI=1S/C7H17O4P/c1-5-10-12(9,11-6-2)7(3,4)8/h8H,5-6H2,1-4H3. The van der Waals surface area contributed by atoms with Gasteiger partial charge in [0, 0.05) is 0 Å². The van der Waals surface area contributed by atoms with E-state index in [1.165, 1.54) is 13.8 Å². The molecular weight excluding hydrogens is 179 g/mol. The molecule has 0 aromatic heterocycles. The first-order chi connectivity index (χ1) is 5.37. The zero-order chi connectivity index (χ0) is 9.83. The van der Waals surface area contributed by atoms with Gasteiger partial charge in [0.1, 0.15) is 0 Å². The van der Waals surface area contributed by atoms with Gasteiger partial charge in [0.15, 0.2) is 5.34 Å². The molecule has 1 N–H and O–H groups in total. The van der Waals surface area contributed by atoms with Crippen molar-refractivity contribution < 1.29 is 18.7 Å². The van der Waals surface area contributed by atoms with Crippen molar-refractivity contribution in [3.8, 4) is 0 Å². The van der Waals surface area contributed by atoms with Crippen LogP contribution in [-0.2, 0) is 13.6 Å². The van der Waals surface area contributed by atoms with Gasteiger partial charge >= 0.3 is 7.60 Å². The summed E-state index contributed by atoms with van der Waals surface area (Å²) in [6.45, 7) is 6.77. The Labute approximate surface area is 73.4 Å². The van der Waals surface area contributed by atoms with Gasteiger partial charge in [-0.25, -0.2) is 0 Å². The molecule has 0 bridgehead atoms. The Bertz CT molecular complexity index is 163. The summed E-state index contributed by atoms with van der Waals surface area (Å²) in [6.07, 6.45) is 0. The molecule has 0 fully saturated rings. The highest BCUT2D eigenvalue weighted by molar-refractivity contribution is 7.55. The van der Waals surface area contributed by atoms with E-state index < -0.39 is 12.9 Å². The highest BCUT2D eigenvalue weighted by Gasteiger charge is 2.41. The van der Waals surface area contributed by atoms with E-state index in [9.17, 15) is 9.67 Å². The first-order valence-corrected chi connectivity index (χ1v) is 5.53. The second-order valence-corrected chi connectivity index (χ2v) is 5.43. The highest BCUT2D eigenvalue weighted by atomic mass is 31.2. The molecule has 0 aliphatic rings. The lowest BCUT2D eigenvalue weighted by molar-refractivity contribution is 0.0955. The fourth-order valence-electron chi connectivity index (χ4n) is 0.693. The van der Waals surface area contributed by atoms with Crippen LogP contribution in [0, 0.1) is 0 Å². The Morgan fingerprint density at radius 1 is 1.25 bits per heavy atom. The molecule has 5 heteroatoms. The molecule has 0 saturated carbocycles. The van der Waals surface area contributed by atoms with Crippen molar-refractivity contribution in [1.82, 2.24) is 0 Å². The normalized spacial score (nSPS) is 13.4. The van der Waals surface area contributed by atoms with Gasteiger partial charge in [-0.3, -0.25) is 4.57 Å². The summed E-state index contributed by atoms with van der Waals surface area (Å²) in [5.41, 5.74) is 0. The minimum absolute atomic E-state index is 0.265. The van der Waals surface area contributed by atoms with Crippen LogP contribution < -0.4 is 0 Å². The van der Waals surface area contributed by atoms with E-state index in [0.717, 1.165) is 0 Å². The molecule has 0 atom stereocenters. The molecule has 4 nitrogen and oxygen atoms in total. The molecule has 0 spiro atoms. The maximum absolute atomic E-state index is 11.7. The molecule has 0 rings (SSSR count). The average Bonchev–Trinajstić information content (AvgIpc) is 1.86. The minimum Gasteiger partial charge on any atom is -0.378 e. The zero-order valence-corrected chi connectivity index (χ0v) is 8.93. The SMILES string of the molecule is CCOP(=O)(OCC)C(C)(C)O. The molecular formula is C7H17O4P. The van der Waals surface area contributed by atoms with E-state index in [2.05, 4.69) is 0 Å². The van der Waals surface area contributed by atoms with Gasteiger partial charge in [0.05, 0.1) is 13.2 Å². The Morgan fingerprint density at radius 3 is 1.75 bits per heavy atom. The fraction of sp³-hybridized carbons (Fsp3) is 1.00. The lowest BCUT2D eigenvalue weighted by Crippen LogP contribution is -2.22. The third-order valence-electron chi connectivity index (χ3n) is 1.27. The van der Waals surface area contributed by atoms with Crippen molar-refractivity contribution in [2.75, 3.05) is 13.2 Å². The third kappa shape index (κ3) is 2.87. The Balaban J connectivity index is 4.51. The van der Waals surface area contributed by atoms with Crippen molar-refractivity contribution in [1.29, 1.82) is 0 Å². The second kappa shape index (κ2) is 4.38. The quantitative estimate of drug-likeness (QED) is 0.683. The summed E-state index contributed by atoms with van der Waals surface area (Å²) >= 11 is 0. The molecule has 12 heavy (non-hydrogen) atoms. The Kier molecular flexibility index (Phi) is 4.42. The zero-order valence-electron chi connectivity index (χ0n) is 8.03. The topological polar surface area (TPSA) is 55.8 Å². The van der Waals surface area contributed by atoms with Gasteiger partial charge in [-0.2, -0.15) is 0 Å². The average molecular weight is 196 g/mol. The fourth-order valence-corrected chi connectivity index (χ4v) is 2.08. The first kappa shape index (κ1) is 12.1. The molecule has 74 valence electrons. The van der Waals surface area contributed by atoms with Gasteiger partial charge in [-0.15, -0.1) is 0 Å². The lowest BCUT2D eigenvalue weighted by Gasteiger charge is -2.27. The monoisotopic (exact) mass is 196 g/mol. The van der Waals surface area contributed by atoms with Crippen LogP contribution in [-0.4, -0.2) is 23.7 Å². The molecule has 0 saturated heterocycles. The first-order valence-electron chi connectivity index (χ1n) is 3.99. The van der Waals surface area contributed by atoms with Gasteiger partial charge < -0.3 is 14.2 Å². The van der Waals surface area contributed by atoms with Gasteiger partial charge in [-0.1, -0.05) is 0 Å². The minimum atomic E-state index is -3.35. The maximum atomic E-state index is 11.7. The number of hydrogen-bond donors (Lipinski definition) is 1. The highest BCUT2D eigenvalue weighted by Crippen LogP contribution is 2.58. The van der Waals surface area contributed by atoms with Crippen molar-refractivity contribution in [3.63, 3.8) is 0 Å². The summed E-state index contributed by atoms with van der Waals surface area (Å²) in [4.78, 5) is 0. The molecule has 0 heterocycles. The molecule has 0 aliphatic heterocycles. The van der Waals surface area contributed by atoms with Crippen LogP contribution in [0.1, 0.15) is 27.7 Å². The van der Waals surface area contributed by atoms with E-state index in [0.29, 0.717) is 0 Å². The summed E-state index contributed by atoms with van der Waals surface area (Å²) in [6, 6.07) is 0. The second-order valence-electron chi connectivity index (χ2n) is 2.83. The van der Waals surface area contributed by atoms with Crippen molar-refractivity contribution >= 4 is 7.60 Å². The van der Waals surface area contributed by atoms with Gasteiger partial charge in [0.25, 0.3) is 0 Å². The maximum Gasteiger partial charge on any atom is 0.361 e. The van der Waals surface area contributed by atoms with Crippen LogP contribution in [0.4, 0.5) is 0 Å². The van der Waals surface area contributed by atoms with Crippen LogP contribution in [0.15, 0.2) is 0 Å². The van der Waals surface area contributed by atoms with Crippen molar-refractivity contribution in [2.45, 2.75) is 33.0 Å². The molecule has 0 amide bonds. The number of rotatable bonds is 5. The van der Waals surface area contributed by atoms with E-state index in [1.54, 1.807) is 13.8 Å². The van der Waals surface area contributed by atoms with Crippen molar-refractivity contribution in [2.24, 2.45) is 0 Å². The predicted octanol–water partition coefficient (Wildman–Crippen LogP) is 1.98. The number of aliphatic hydroxyl groups is 1. The van der Waals surface area contributed by atoms with Crippen molar-refractivity contribution in [3.05, 3.63) is 0 Å². The van der Waals surface area contributed by atoms with Gasteiger partial charge in [-0.05, 0) is 27.7 Å². The van der Waals surface area contributed by atoms with Crippen LogP contribution in [0.3, 0.4) is 0 Å². The van der Waals surface area contributed by atoms with Crippen LogP contribution >= 0.6 is 7.60 Å². The van der Waals surface area contributed by atoms with E-state index in [-0.39, 0.29) is 13.2 Å².